The maximum atomic E-state index is 11.5. The van der Waals surface area contributed by atoms with Crippen LogP contribution in [0.3, 0.4) is 0 Å². The first-order valence-electron chi connectivity index (χ1n) is 5.94. The minimum atomic E-state index is -0.492. The van der Waals surface area contributed by atoms with Crippen molar-refractivity contribution in [2.24, 2.45) is 5.73 Å². The maximum Gasteiger partial charge on any atom is 0.251 e. The van der Waals surface area contributed by atoms with Crippen molar-refractivity contribution in [2.75, 3.05) is 17.2 Å². The first-order valence-corrected chi connectivity index (χ1v) is 6.82. The predicted molar refractivity (Wildman–Crippen MR) is 78.2 cm³/mol. The number of nitrogens with two attached hydrogens (primary N) is 2. The van der Waals surface area contributed by atoms with Gasteiger partial charge in [-0.1, -0.05) is 6.07 Å². The molecule has 0 fully saturated rings. The van der Waals surface area contributed by atoms with E-state index >= 15 is 0 Å². The van der Waals surface area contributed by atoms with Gasteiger partial charge in [-0.05, 0) is 24.4 Å². The molecule has 0 atom stereocenters. The summed E-state index contributed by atoms with van der Waals surface area (Å²) in [6, 6.07) is 5.58. The van der Waals surface area contributed by atoms with Crippen molar-refractivity contribution in [1.82, 2.24) is 4.98 Å². The highest BCUT2D eigenvalue weighted by atomic mass is 32.1. The van der Waals surface area contributed by atoms with E-state index in [9.17, 15) is 4.79 Å². The van der Waals surface area contributed by atoms with Crippen LogP contribution in [0.25, 0.3) is 0 Å². The summed E-state index contributed by atoms with van der Waals surface area (Å²) in [4.78, 5) is 18.8. The molecule has 0 saturated carbocycles. The Morgan fingerprint density at radius 2 is 2.32 bits per heavy atom. The Hall–Kier alpha value is -2.08. The number of hydrogen-bond donors (Lipinski definition) is 2. The van der Waals surface area contributed by atoms with Crippen molar-refractivity contribution < 1.29 is 4.79 Å². The van der Waals surface area contributed by atoms with Crippen LogP contribution in [0.1, 0.15) is 22.2 Å². The molecule has 0 bridgehead atoms. The van der Waals surface area contributed by atoms with Gasteiger partial charge in [0.15, 0.2) is 0 Å². The van der Waals surface area contributed by atoms with Crippen LogP contribution >= 0.6 is 11.3 Å². The van der Waals surface area contributed by atoms with Crippen LogP contribution in [-0.2, 0) is 6.54 Å². The third-order valence-electron chi connectivity index (χ3n) is 2.82. The molecule has 1 amide bonds. The molecular weight excluding hydrogens is 260 g/mol. The first kappa shape index (κ1) is 13.4. The van der Waals surface area contributed by atoms with Gasteiger partial charge in [-0.15, -0.1) is 11.3 Å². The van der Waals surface area contributed by atoms with Crippen molar-refractivity contribution in [3.05, 3.63) is 40.2 Å². The van der Waals surface area contributed by atoms with Gasteiger partial charge in [0.05, 0.1) is 24.0 Å². The van der Waals surface area contributed by atoms with Gasteiger partial charge in [-0.3, -0.25) is 4.79 Å². The largest absolute Gasteiger partial charge is 0.384 e. The number of hydrogen-bond acceptors (Lipinski definition) is 5. The van der Waals surface area contributed by atoms with Gasteiger partial charge in [-0.2, -0.15) is 0 Å². The smallest absolute Gasteiger partial charge is 0.251 e. The molecule has 100 valence electrons. The molecule has 2 rings (SSSR count). The molecule has 0 aromatic carbocycles. The Labute approximate surface area is 115 Å². The molecule has 2 heterocycles. The molecule has 6 heteroatoms. The van der Waals surface area contributed by atoms with E-state index in [1.54, 1.807) is 17.5 Å². The van der Waals surface area contributed by atoms with Gasteiger partial charge in [0, 0.05) is 11.4 Å². The molecule has 0 aliphatic rings. The molecule has 0 spiro atoms. The third kappa shape index (κ3) is 3.03. The highest BCUT2D eigenvalue weighted by Gasteiger charge is 2.15. The molecule has 2 aromatic rings. The predicted octanol–water partition coefficient (Wildman–Crippen LogP) is 1.85. The van der Waals surface area contributed by atoms with Crippen LogP contribution in [0.15, 0.2) is 29.8 Å². The number of rotatable bonds is 5. The van der Waals surface area contributed by atoms with E-state index in [1.807, 2.05) is 18.4 Å². The highest BCUT2D eigenvalue weighted by Crippen LogP contribution is 2.24. The topological polar surface area (TPSA) is 85.2 Å². The fourth-order valence-corrected chi connectivity index (χ4v) is 2.59. The third-order valence-corrected chi connectivity index (χ3v) is 3.68. The lowest BCUT2D eigenvalue weighted by atomic mass is 10.2. The maximum absolute atomic E-state index is 11.5. The number of nitrogens with zero attached hydrogens (tertiary/aromatic N) is 2. The second kappa shape index (κ2) is 5.71. The van der Waals surface area contributed by atoms with Crippen LogP contribution in [0.4, 0.5) is 11.5 Å². The summed E-state index contributed by atoms with van der Waals surface area (Å²) in [6.45, 7) is 3.50. The Kier molecular flexibility index (Phi) is 4.01. The zero-order chi connectivity index (χ0) is 13.8. The second-order valence-electron chi connectivity index (χ2n) is 4.08. The fraction of sp³-hybridized carbons (Fsp3) is 0.231. The van der Waals surface area contributed by atoms with Gasteiger partial charge >= 0.3 is 0 Å². The summed E-state index contributed by atoms with van der Waals surface area (Å²) in [5, 5.41) is 2.03. The average Bonchev–Trinajstić information content (AvgIpc) is 2.89. The number of carbonyl (C=O) groups excluding carboxylic acids is 1. The number of aromatic nitrogens is 1. The van der Waals surface area contributed by atoms with E-state index < -0.39 is 5.91 Å². The Morgan fingerprint density at radius 1 is 1.53 bits per heavy atom. The minimum Gasteiger partial charge on any atom is -0.384 e. The molecule has 0 unspecified atom stereocenters. The summed E-state index contributed by atoms with van der Waals surface area (Å²) in [5.41, 5.74) is 12.1. The monoisotopic (exact) mass is 276 g/mol. The van der Waals surface area contributed by atoms with Gasteiger partial charge in [0.25, 0.3) is 5.91 Å². The van der Waals surface area contributed by atoms with E-state index in [0.717, 1.165) is 18.8 Å². The van der Waals surface area contributed by atoms with Gasteiger partial charge in [0.2, 0.25) is 0 Å². The quantitative estimate of drug-likeness (QED) is 0.872. The molecular formula is C13H16N4OS. The van der Waals surface area contributed by atoms with E-state index in [0.29, 0.717) is 11.4 Å². The van der Waals surface area contributed by atoms with Crippen molar-refractivity contribution in [1.29, 1.82) is 0 Å². The van der Waals surface area contributed by atoms with Crippen LogP contribution < -0.4 is 16.4 Å². The zero-order valence-corrected chi connectivity index (χ0v) is 11.5. The van der Waals surface area contributed by atoms with Crippen molar-refractivity contribution in [2.45, 2.75) is 13.5 Å². The van der Waals surface area contributed by atoms with Gasteiger partial charge in [0.1, 0.15) is 5.82 Å². The standard InChI is InChI=1S/C13H16N4OS/c1-2-17(8-9-4-3-5-19-9)11-7-16-12(14)6-10(11)13(15)18/h3-7H,2,8H2,1H3,(H2,14,16)(H2,15,18). The van der Waals surface area contributed by atoms with Gasteiger partial charge < -0.3 is 16.4 Å². The van der Waals surface area contributed by atoms with Crippen LogP contribution in [0.5, 0.6) is 0 Å². The number of anilines is 2. The molecule has 5 nitrogen and oxygen atoms in total. The number of nitrogen functional groups attached to an aromatic ring is 1. The van der Waals surface area contributed by atoms with Crippen molar-refractivity contribution >= 4 is 28.7 Å². The fourth-order valence-electron chi connectivity index (χ4n) is 1.87. The Morgan fingerprint density at radius 3 is 2.89 bits per heavy atom. The number of primary amides is 1. The van der Waals surface area contributed by atoms with E-state index in [4.69, 9.17) is 11.5 Å². The van der Waals surface area contributed by atoms with Crippen LogP contribution in [-0.4, -0.2) is 17.4 Å². The Bertz CT molecular complexity index is 568. The summed E-state index contributed by atoms with van der Waals surface area (Å²) in [6.07, 6.45) is 1.60. The summed E-state index contributed by atoms with van der Waals surface area (Å²) in [7, 11) is 0. The summed E-state index contributed by atoms with van der Waals surface area (Å²) < 4.78 is 0. The van der Waals surface area contributed by atoms with E-state index in [2.05, 4.69) is 16.0 Å². The lowest BCUT2D eigenvalue weighted by molar-refractivity contribution is 0.100. The van der Waals surface area contributed by atoms with E-state index in [-0.39, 0.29) is 0 Å². The molecule has 0 radical (unpaired) electrons. The lowest BCUT2D eigenvalue weighted by Crippen LogP contribution is -2.26. The summed E-state index contributed by atoms with van der Waals surface area (Å²) >= 11 is 1.68. The van der Waals surface area contributed by atoms with Crippen LogP contribution in [0, 0.1) is 0 Å². The molecule has 19 heavy (non-hydrogen) atoms. The second-order valence-corrected chi connectivity index (χ2v) is 5.12. The van der Waals surface area contributed by atoms with Gasteiger partial charge in [-0.25, -0.2) is 4.98 Å². The molecule has 0 aliphatic carbocycles. The molecule has 0 saturated heterocycles. The minimum absolute atomic E-state index is 0.296. The normalized spacial score (nSPS) is 10.4. The number of carbonyl (C=O) groups is 1. The molecule has 0 aliphatic heterocycles. The average molecular weight is 276 g/mol. The highest BCUT2D eigenvalue weighted by molar-refractivity contribution is 7.09. The number of thiophene rings is 1. The van der Waals surface area contributed by atoms with E-state index in [1.165, 1.54) is 10.9 Å². The number of pyridine rings is 1. The molecule has 4 N–H and O–H groups in total. The van der Waals surface area contributed by atoms with Crippen molar-refractivity contribution in [3.8, 4) is 0 Å². The van der Waals surface area contributed by atoms with Crippen LogP contribution in [0.2, 0.25) is 0 Å². The summed E-state index contributed by atoms with van der Waals surface area (Å²) in [5.74, 6) is -0.196. The van der Waals surface area contributed by atoms with Crippen molar-refractivity contribution in [3.63, 3.8) is 0 Å². The first-order chi connectivity index (χ1) is 9.11. The number of amides is 1. The zero-order valence-electron chi connectivity index (χ0n) is 10.7. The SMILES string of the molecule is CCN(Cc1cccs1)c1cnc(N)cc1C(N)=O. The Balaban J connectivity index is 2.35. The molecule has 2 aromatic heterocycles. The lowest BCUT2D eigenvalue weighted by Gasteiger charge is -2.24.